The number of rotatable bonds is 7. The Morgan fingerprint density at radius 1 is 1.17 bits per heavy atom. The molecule has 2 heterocycles. The molecule has 0 saturated heterocycles. The molecule has 152 valence electrons. The fraction of sp³-hybridized carbons (Fsp3) is 0.143. The van der Waals surface area contributed by atoms with E-state index in [4.69, 9.17) is 9.47 Å². The Bertz CT molecular complexity index is 1210. The van der Waals surface area contributed by atoms with Gasteiger partial charge in [0.15, 0.2) is 5.75 Å². The molecule has 0 aliphatic carbocycles. The molecule has 2 aromatic heterocycles. The molecule has 0 spiro atoms. The molecular weight excluding hydrogens is 404 g/mol. The lowest BCUT2D eigenvalue weighted by Gasteiger charge is -2.10. The maximum absolute atomic E-state index is 11.3. The normalized spacial score (nSPS) is 10.7. The molecule has 9 heteroatoms. The van der Waals surface area contributed by atoms with Gasteiger partial charge in [-0.25, -0.2) is 9.97 Å². The van der Waals surface area contributed by atoms with E-state index in [2.05, 4.69) is 15.3 Å². The van der Waals surface area contributed by atoms with Gasteiger partial charge in [-0.15, -0.1) is 11.3 Å². The molecule has 0 radical (unpaired) electrons. The number of nitro benzene ring substituents is 1. The summed E-state index contributed by atoms with van der Waals surface area (Å²) in [5.74, 6) is 1.58. The van der Waals surface area contributed by atoms with Gasteiger partial charge in [0.25, 0.3) is 0 Å². The van der Waals surface area contributed by atoms with Crippen LogP contribution in [0.1, 0.15) is 6.92 Å². The van der Waals surface area contributed by atoms with Crippen molar-refractivity contribution >= 4 is 38.7 Å². The Balaban J connectivity index is 1.75. The number of aromatic nitrogens is 2. The Morgan fingerprint density at radius 2 is 1.97 bits per heavy atom. The summed E-state index contributed by atoms with van der Waals surface area (Å²) in [6, 6.07) is 12.5. The average Bonchev–Trinajstić information content (AvgIpc) is 3.20. The van der Waals surface area contributed by atoms with Crippen LogP contribution >= 0.6 is 11.3 Å². The highest BCUT2D eigenvalue weighted by molar-refractivity contribution is 7.17. The number of thiophene rings is 1. The number of nitrogens with zero attached hydrogens (tertiary/aromatic N) is 3. The number of anilines is 2. The van der Waals surface area contributed by atoms with Crippen molar-refractivity contribution in [3.8, 4) is 22.6 Å². The lowest BCUT2D eigenvalue weighted by atomic mass is 10.1. The first-order chi connectivity index (χ1) is 14.6. The van der Waals surface area contributed by atoms with Crippen LogP contribution in [0, 0.1) is 10.1 Å². The van der Waals surface area contributed by atoms with Crippen LogP contribution in [-0.2, 0) is 0 Å². The molecule has 0 saturated carbocycles. The fourth-order valence-corrected chi connectivity index (χ4v) is 4.04. The first kappa shape index (κ1) is 19.6. The first-order valence-corrected chi connectivity index (χ1v) is 10.0. The predicted octanol–water partition coefficient (Wildman–Crippen LogP) is 5.42. The van der Waals surface area contributed by atoms with Crippen LogP contribution in [0.5, 0.6) is 11.5 Å². The summed E-state index contributed by atoms with van der Waals surface area (Å²) < 4.78 is 10.6. The van der Waals surface area contributed by atoms with Gasteiger partial charge in [0, 0.05) is 22.7 Å². The van der Waals surface area contributed by atoms with E-state index in [9.17, 15) is 10.1 Å². The minimum Gasteiger partial charge on any atom is -0.494 e. The molecule has 0 bridgehead atoms. The number of hydrogen-bond acceptors (Lipinski definition) is 8. The van der Waals surface area contributed by atoms with Crippen LogP contribution in [0.2, 0.25) is 0 Å². The Morgan fingerprint density at radius 3 is 2.67 bits per heavy atom. The van der Waals surface area contributed by atoms with Gasteiger partial charge in [-0.2, -0.15) is 0 Å². The molecule has 4 aromatic rings. The second-order valence-electron chi connectivity index (χ2n) is 6.28. The number of hydrogen-bond donors (Lipinski definition) is 1. The van der Waals surface area contributed by atoms with E-state index in [0.29, 0.717) is 18.1 Å². The zero-order valence-electron chi connectivity index (χ0n) is 16.3. The summed E-state index contributed by atoms with van der Waals surface area (Å²) in [4.78, 5) is 20.4. The maximum Gasteiger partial charge on any atom is 0.312 e. The molecule has 0 aliphatic rings. The number of ether oxygens (including phenoxy) is 2. The van der Waals surface area contributed by atoms with E-state index in [1.165, 1.54) is 30.8 Å². The third kappa shape index (κ3) is 3.74. The maximum atomic E-state index is 11.3. The summed E-state index contributed by atoms with van der Waals surface area (Å²) in [6.07, 6.45) is 1.47. The van der Waals surface area contributed by atoms with Gasteiger partial charge in [-0.3, -0.25) is 10.1 Å². The van der Waals surface area contributed by atoms with E-state index in [1.54, 1.807) is 12.1 Å². The molecule has 30 heavy (non-hydrogen) atoms. The molecule has 0 unspecified atom stereocenters. The smallest absolute Gasteiger partial charge is 0.312 e. The number of fused-ring (bicyclic) bond motifs is 1. The summed E-state index contributed by atoms with van der Waals surface area (Å²) in [6.45, 7) is 2.55. The van der Waals surface area contributed by atoms with Crippen molar-refractivity contribution < 1.29 is 14.4 Å². The predicted molar refractivity (Wildman–Crippen MR) is 117 cm³/mol. The van der Waals surface area contributed by atoms with Crippen molar-refractivity contribution in [2.75, 3.05) is 19.0 Å². The highest BCUT2D eigenvalue weighted by Crippen LogP contribution is 2.38. The van der Waals surface area contributed by atoms with Crippen LogP contribution < -0.4 is 14.8 Å². The highest BCUT2D eigenvalue weighted by Gasteiger charge is 2.17. The van der Waals surface area contributed by atoms with Crippen LogP contribution in [0.3, 0.4) is 0 Å². The molecule has 0 atom stereocenters. The summed E-state index contributed by atoms with van der Waals surface area (Å²) in [5, 5.41) is 17.4. The van der Waals surface area contributed by atoms with Crippen molar-refractivity contribution in [2.24, 2.45) is 0 Å². The topological polar surface area (TPSA) is 99.4 Å². The van der Waals surface area contributed by atoms with Gasteiger partial charge in [-0.05, 0) is 36.8 Å². The molecule has 0 amide bonds. The summed E-state index contributed by atoms with van der Waals surface area (Å²) in [7, 11) is 1.40. The second kappa shape index (κ2) is 8.34. The Labute approximate surface area is 176 Å². The number of benzene rings is 2. The summed E-state index contributed by atoms with van der Waals surface area (Å²) in [5.41, 5.74) is 2.39. The molecule has 0 fully saturated rings. The monoisotopic (exact) mass is 422 g/mol. The summed E-state index contributed by atoms with van der Waals surface area (Å²) >= 11 is 1.51. The molecule has 8 nitrogen and oxygen atoms in total. The lowest BCUT2D eigenvalue weighted by Crippen LogP contribution is -1.98. The minimum absolute atomic E-state index is 0.121. The molecule has 4 rings (SSSR count). The molecule has 0 aliphatic heterocycles. The zero-order valence-corrected chi connectivity index (χ0v) is 17.1. The van der Waals surface area contributed by atoms with Crippen molar-refractivity contribution in [2.45, 2.75) is 6.92 Å². The van der Waals surface area contributed by atoms with Crippen LogP contribution in [0.4, 0.5) is 17.2 Å². The van der Waals surface area contributed by atoms with Gasteiger partial charge in [0.2, 0.25) is 0 Å². The van der Waals surface area contributed by atoms with Crippen LogP contribution in [0.15, 0.2) is 54.2 Å². The third-order valence-electron chi connectivity index (χ3n) is 4.48. The van der Waals surface area contributed by atoms with E-state index in [0.717, 1.165) is 27.1 Å². The third-order valence-corrected chi connectivity index (χ3v) is 5.37. The van der Waals surface area contributed by atoms with Crippen molar-refractivity contribution in [3.63, 3.8) is 0 Å². The molecule has 2 aromatic carbocycles. The lowest BCUT2D eigenvalue weighted by molar-refractivity contribution is -0.385. The van der Waals surface area contributed by atoms with Gasteiger partial charge in [0.05, 0.1) is 24.0 Å². The zero-order chi connectivity index (χ0) is 21.1. The highest BCUT2D eigenvalue weighted by atomic mass is 32.1. The van der Waals surface area contributed by atoms with Crippen molar-refractivity contribution in [3.05, 3.63) is 64.3 Å². The van der Waals surface area contributed by atoms with Gasteiger partial charge in [-0.1, -0.05) is 12.1 Å². The number of nitrogens with one attached hydrogen (secondary N) is 1. The van der Waals surface area contributed by atoms with E-state index in [-0.39, 0.29) is 11.4 Å². The number of nitro groups is 1. The SMILES string of the molecule is CCOc1ccc(-c2csc3ncnc(Nc4ccc(OC)c([N+](=O)[O-])c4)c23)cc1. The van der Waals surface area contributed by atoms with Gasteiger partial charge in [0.1, 0.15) is 22.7 Å². The van der Waals surface area contributed by atoms with E-state index >= 15 is 0 Å². The second-order valence-corrected chi connectivity index (χ2v) is 7.14. The standard InChI is InChI=1S/C21H18N4O4S/c1-3-29-15-7-4-13(5-8-15)16-11-30-21-19(16)20(22-12-23-21)24-14-6-9-18(28-2)17(10-14)25(26)27/h4-12H,3H2,1-2H3,(H,22,23,24). The van der Waals surface area contributed by atoms with Crippen LogP contribution in [-0.4, -0.2) is 28.6 Å². The number of methoxy groups -OCH3 is 1. The minimum atomic E-state index is -0.477. The Hall–Kier alpha value is -3.72. The largest absolute Gasteiger partial charge is 0.494 e. The molecule has 1 N–H and O–H groups in total. The average molecular weight is 422 g/mol. The van der Waals surface area contributed by atoms with E-state index < -0.39 is 4.92 Å². The Kier molecular flexibility index (Phi) is 5.44. The van der Waals surface area contributed by atoms with Crippen molar-refractivity contribution in [1.82, 2.24) is 9.97 Å². The van der Waals surface area contributed by atoms with E-state index in [1.807, 2.05) is 36.6 Å². The first-order valence-electron chi connectivity index (χ1n) is 9.15. The van der Waals surface area contributed by atoms with Crippen LogP contribution in [0.25, 0.3) is 21.3 Å². The quantitative estimate of drug-likeness (QED) is 0.314. The van der Waals surface area contributed by atoms with Gasteiger partial charge >= 0.3 is 5.69 Å². The fourth-order valence-electron chi connectivity index (χ4n) is 3.13. The van der Waals surface area contributed by atoms with Crippen molar-refractivity contribution in [1.29, 1.82) is 0 Å². The molecular formula is C21H18N4O4S. The van der Waals surface area contributed by atoms with Gasteiger partial charge < -0.3 is 14.8 Å².